The Bertz CT molecular complexity index is 1420. The first-order valence-corrected chi connectivity index (χ1v) is 9.93. The van der Waals surface area contributed by atoms with Crippen LogP contribution in [0, 0.1) is 6.92 Å². The van der Waals surface area contributed by atoms with Crippen molar-refractivity contribution in [2.24, 2.45) is 0 Å². The van der Waals surface area contributed by atoms with Gasteiger partial charge in [-0.25, -0.2) is 0 Å². The van der Waals surface area contributed by atoms with E-state index >= 15 is 0 Å². The van der Waals surface area contributed by atoms with Gasteiger partial charge in [0.2, 0.25) is 0 Å². The number of nitrogens with one attached hydrogen (secondary N) is 1. The summed E-state index contributed by atoms with van der Waals surface area (Å²) in [5, 5.41) is 14.1. The predicted octanol–water partition coefficient (Wildman–Crippen LogP) is 5.14. The van der Waals surface area contributed by atoms with Gasteiger partial charge in [0, 0.05) is 11.3 Å². The lowest BCUT2D eigenvalue weighted by atomic mass is 10.00. The highest BCUT2D eigenvalue weighted by Crippen LogP contribution is 2.24. The van der Waals surface area contributed by atoms with Crippen molar-refractivity contribution in [1.29, 1.82) is 0 Å². The van der Waals surface area contributed by atoms with Gasteiger partial charge in [-0.2, -0.15) is 4.80 Å². The van der Waals surface area contributed by atoms with Crippen LogP contribution >= 0.6 is 0 Å². The molecule has 152 valence electrons. The zero-order valence-corrected chi connectivity index (χ0v) is 17.2. The van der Waals surface area contributed by atoms with E-state index in [1.807, 2.05) is 85.8 Å². The molecule has 0 spiro atoms. The highest BCUT2D eigenvalue weighted by Gasteiger charge is 2.13. The summed E-state index contributed by atoms with van der Waals surface area (Å²) >= 11 is 0. The largest absolute Gasteiger partial charge is 0.497 e. The number of carbonyl (C=O) groups is 1. The molecule has 1 amide bonds. The molecule has 6 heteroatoms. The predicted molar refractivity (Wildman–Crippen MR) is 122 cm³/mol. The van der Waals surface area contributed by atoms with Crippen molar-refractivity contribution < 1.29 is 9.53 Å². The summed E-state index contributed by atoms with van der Waals surface area (Å²) in [5.41, 5.74) is 4.72. The topological polar surface area (TPSA) is 69.0 Å². The highest BCUT2D eigenvalue weighted by atomic mass is 16.5. The van der Waals surface area contributed by atoms with E-state index in [9.17, 15) is 4.79 Å². The molecule has 0 radical (unpaired) electrons. The SMILES string of the molecule is COc1ccc(-n2nc3ccc(NC(=O)c4ccc(C)c5ccccc45)cc3n2)cc1. The number of carbonyl (C=O) groups excluding carboxylic acids is 1. The Hall–Kier alpha value is -4.19. The van der Waals surface area contributed by atoms with Crippen LogP contribution in [0.2, 0.25) is 0 Å². The zero-order chi connectivity index (χ0) is 21.4. The second-order valence-corrected chi connectivity index (χ2v) is 7.32. The van der Waals surface area contributed by atoms with Crippen molar-refractivity contribution in [3.8, 4) is 11.4 Å². The molecule has 6 nitrogen and oxygen atoms in total. The molecule has 0 aliphatic heterocycles. The van der Waals surface area contributed by atoms with E-state index in [1.165, 1.54) is 0 Å². The van der Waals surface area contributed by atoms with Gasteiger partial charge in [0.05, 0.1) is 12.8 Å². The standard InChI is InChI=1S/C25H20N4O2/c1-16-7-13-22(21-6-4-3-5-20(16)21)25(30)26-17-8-14-23-24(15-17)28-29(27-23)18-9-11-19(31-2)12-10-18/h3-15H,1-2H3,(H,26,30). The molecule has 0 bridgehead atoms. The summed E-state index contributed by atoms with van der Waals surface area (Å²) in [6, 6.07) is 24.8. The minimum absolute atomic E-state index is 0.155. The lowest BCUT2D eigenvalue weighted by molar-refractivity contribution is 0.102. The summed E-state index contributed by atoms with van der Waals surface area (Å²) < 4.78 is 5.20. The van der Waals surface area contributed by atoms with Crippen LogP contribution in [0.15, 0.2) is 78.9 Å². The Morgan fingerprint density at radius 2 is 1.61 bits per heavy atom. The molecule has 4 aromatic carbocycles. The fourth-order valence-electron chi connectivity index (χ4n) is 3.67. The number of aromatic nitrogens is 3. The van der Waals surface area contributed by atoms with Crippen molar-refractivity contribution >= 4 is 33.4 Å². The van der Waals surface area contributed by atoms with Gasteiger partial charge in [0.25, 0.3) is 5.91 Å². The molecule has 1 aromatic heterocycles. The molecule has 5 aromatic rings. The molecule has 31 heavy (non-hydrogen) atoms. The van der Waals surface area contributed by atoms with Crippen LogP contribution < -0.4 is 10.1 Å². The number of benzene rings is 4. The van der Waals surface area contributed by atoms with E-state index in [4.69, 9.17) is 4.74 Å². The van der Waals surface area contributed by atoms with Crippen molar-refractivity contribution in [2.75, 3.05) is 12.4 Å². The third-order valence-electron chi connectivity index (χ3n) is 5.33. The Morgan fingerprint density at radius 1 is 0.871 bits per heavy atom. The maximum atomic E-state index is 13.0. The molecule has 1 N–H and O–H groups in total. The summed E-state index contributed by atoms with van der Waals surface area (Å²) in [6.07, 6.45) is 0. The zero-order valence-electron chi connectivity index (χ0n) is 17.2. The fraction of sp³-hybridized carbons (Fsp3) is 0.0800. The van der Waals surface area contributed by atoms with Crippen LogP contribution in [-0.2, 0) is 0 Å². The molecular formula is C25H20N4O2. The molecule has 0 fully saturated rings. The highest BCUT2D eigenvalue weighted by molar-refractivity contribution is 6.13. The first-order chi connectivity index (χ1) is 15.1. The van der Waals surface area contributed by atoms with Gasteiger partial charge in [-0.3, -0.25) is 4.79 Å². The smallest absolute Gasteiger partial charge is 0.256 e. The maximum absolute atomic E-state index is 13.0. The number of anilines is 1. The van der Waals surface area contributed by atoms with Gasteiger partial charge in [0.1, 0.15) is 16.8 Å². The third kappa shape index (κ3) is 3.48. The number of amides is 1. The molecular weight excluding hydrogens is 388 g/mol. The minimum atomic E-state index is -0.155. The average molecular weight is 408 g/mol. The Morgan fingerprint density at radius 3 is 2.39 bits per heavy atom. The molecule has 5 rings (SSSR count). The molecule has 0 saturated carbocycles. The van der Waals surface area contributed by atoms with Crippen molar-refractivity contribution in [1.82, 2.24) is 15.0 Å². The van der Waals surface area contributed by atoms with E-state index in [-0.39, 0.29) is 5.91 Å². The van der Waals surface area contributed by atoms with Crippen LogP contribution in [0.3, 0.4) is 0 Å². The Kier molecular flexibility index (Phi) is 4.59. The van der Waals surface area contributed by atoms with Gasteiger partial charge in [-0.1, -0.05) is 30.3 Å². The number of aryl methyl sites for hydroxylation is 1. The van der Waals surface area contributed by atoms with Gasteiger partial charge >= 0.3 is 0 Å². The molecule has 1 heterocycles. The normalized spacial score (nSPS) is 11.0. The molecule has 0 saturated heterocycles. The number of ether oxygens (including phenoxy) is 1. The second-order valence-electron chi connectivity index (χ2n) is 7.32. The number of hydrogen-bond acceptors (Lipinski definition) is 4. The lowest BCUT2D eigenvalue weighted by Gasteiger charge is -2.10. The van der Waals surface area contributed by atoms with Crippen molar-refractivity contribution in [2.45, 2.75) is 6.92 Å². The van der Waals surface area contributed by atoms with Gasteiger partial charge < -0.3 is 10.1 Å². The number of rotatable bonds is 4. The number of fused-ring (bicyclic) bond motifs is 2. The number of hydrogen-bond donors (Lipinski definition) is 1. The summed E-state index contributed by atoms with van der Waals surface area (Å²) in [7, 11) is 1.63. The monoisotopic (exact) mass is 408 g/mol. The average Bonchev–Trinajstić information content (AvgIpc) is 3.23. The summed E-state index contributed by atoms with van der Waals surface area (Å²) in [4.78, 5) is 14.6. The molecule has 0 unspecified atom stereocenters. The minimum Gasteiger partial charge on any atom is -0.497 e. The van der Waals surface area contributed by atoms with Crippen molar-refractivity contribution in [3.05, 3.63) is 90.0 Å². The summed E-state index contributed by atoms with van der Waals surface area (Å²) in [6.45, 7) is 2.05. The molecule has 0 atom stereocenters. The first kappa shape index (κ1) is 18.8. The fourth-order valence-corrected chi connectivity index (χ4v) is 3.67. The Balaban J connectivity index is 1.44. The maximum Gasteiger partial charge on any atom is 0.256 e. The molecule has 0 aliphatic carbocycles. The summed E-state index contributed by atoms with van der Waals surface area (Å²) in [5.74, 6) is 0.618. The van der Waals surface area contributed by atoms with Crippen LogP contribution in [0.1, 0.15) is 15.9 Å². The number of nitrogens with zero attached hydrogens (tertiary/aromatic N) is 3. The van der Waals surface area contributed by atoms with Crippen LogP contribution in [-0.4, -0.2) is 28.0 Å². The van der Waals surface area contributed by atoms with Gasteiger partial charge in [0.15, 0.2) is 0 Å². The van der Waals surface area contributed by atoms with E-state index in [0.717, 1.165) is 33.3 Å². The van der Waals surface area contributed by atoms with E-state index in [2.05, 4.69) is 15.5 Å². The van der Waals surface area contributed by atoms with Gasteiger partial charge in [-0.05, 0) is 71.8 Å². The van der Waals surface area contributed by atoms with Crippen LogP contribution in [0.25, 0.3) is 27.5 Å². The van der Waals surface area contributed by atoms with E-state index < -0.39 is 0 Å². The van der Waals surface area contributed by atoms with Crippen LogP contribution in [0.4, 0.5) is 5.69 Å². The van der Waals surface area contributed by atoms with Crippen molar-refractivity contribution in [3.63, 3.8) is 0 Å². The lowest BCUT2D eigenvalue weighted by Crippen LogP contribution is -2.12. The van der Waals surface area contributed by atoms with E-state index in [0.29, 0.717) is 16.8 Å². The second kappa shape index (κ2) is 7.57. The quantitative estimate of drug-likeness (QED) is 0.447. The van der Waals surface area contributed by atoms with Crippen LogP contribution in [0.5, 0.6) is 5.75 Å². The molecule has 0 aliphatic rings. The van der Waals surface area contributed by atoms with Gasteiger partial charge in [-0.15, -0.1) is 10.2 Å². The first-order valence-electron chi connectivity index (χ1n) is 9.93. The Labute approximate surface area is 179 Å². The number of methoxy groups -OCH3 is 1. The third-order valence-corrected chi connectivity index (χ3v) is 5.33. The van der Waals surface area contributed by atoms with E-state index in [1.54, 1.807) is 11.9 Å².